The van der Waals surface area contributed by atoms with Gasteiger partial charge in [0.2, 0.25) is 11.8 Å². The van der Waals surface area contributed by atoms with Crippen molar-refractivity contribution in [2.24, 2.45) is 17.8 Å². The van der Waals surface area contributed by atoms with Gasteiger partial charge in [-0.3, -0.25) is 9.59 Å². The number of hydrogen-bond acceptors (Lipinski definition) is 3. The molecule has 150 valence electrons. The summed E-state index contributed by atoms with van der Waals surface area (Å²) in [5.41, 5.74) is 0.00581. The number of piperazine rings is 1. The van der Waals surface area contributed by atoms with Crippen molar-refractivity contribution in [2.45, 2.75) is 57.4 Å². The lowest BCUT2D eigenvalue weighted by atomic mass is 9.53. The number of hydrogen-bond donors (Lipinski definition) is 2. The van der Waals surface area contributed by atoms with Crippen molar-refractivity contribution in [3.63, 3.8) is 0 Å². The molecule has 0 aromatic carbocycles. The van der Waals surface area contributed by atoms with Gasteiger partial charge in [-0.25, -0.2) is 4.79 Å². The maximum Gasteiger partial charge on any atom is 0.315 e. The SMILES string of the molecule is CC(=O)N1CCN(C(=O)CCNC(=O)NC23CC4CC(CC(C4)C2)C3)CC1. The van der Waals surface area contributed by atoms with Crippen LogP contribution in [0.4, 0.5) is 4.79 Å². The molecule has 0 aromatic heterocycles. The topological polar surface area (TPSA) is 81.8 Å². The van der Waals surface area contributed by atoms with Crippen LogP contribution in [-0.4, -0.2) is 65.9 Å². The summed E-state index contributed by atoms with van der Waals surface area (Å²) >= 11 is 0. The first-order chi connectivity index (χ1) is 12.9. The molecule has 7 heteroatoms. The van der Waals surface area contributed by atoms with Gasteiger partial charge in [-0.05, 0) is 56.3 Å². The van der Waals surface area contributed by atoms with Gasteiger partial charge in [0.1, 0.15) is 0 Å². The average Bonchev–Trinajstić information content (AvgIpc) is 2.60. The summed E-state index contributed by atoms with van der Waals surface area (Å²) in [4.78, 5) is 39.6. The second-order valence-electron chi connectivity index (χ2n) is 9.22. The van der Waals surface area contributed by atoms with E-state index in [2.05, 4.69) is 10.6 Å². The van der Waals surface area contributed by atoms with Crippen LogP contribution in [0.2, 0.25) is 0 Å². The number of amides is 4. The van der Waals surface area contributed by atoms with Crippen LogP contribution < -0.4 is 10.6 Å². The molecule has 5 rings (SSSR count). The van der Waals surface area contributed by atoms with Crippen molar-refractivity contribution >= 4 is 17.8 Å². The van der Waals surface area contributed by atoms with E-state index in [0.29, 0.717) is 39.1 Å². The van der Waals surface area contributed by atoms with E-state index in [0.717, 1.165) is 37.0 Å². The Labute approximate surface area is 161 Å². The molecule has 1 heterocycles. The predicted octanol–water partition coefficient (Wildman–Crippen LogP) is 1.34. The Morgan fingerprint density at radius 2 is 1.41 bits per heavy atom. The van der Waals surface area contributed by atoms with Gasteiger partial charge in [-0.1, -0.05) is 0 Å². The van der Waals surface area contributed by atoms with Gasteiger partial charge in [0.05, 0.1) is 0 Å². The van der Waals surface area contributed by atoms with Gasteiger partial charge in [-0.2, -0.15) is 0 Å². The first-order valence-corrected chi connectivity index (χ1v) is 10.5. The van der Waals surface area contributed by atoms with Gasteiger partial charge in [0.15, 0.2) is 0 Å². The zero-order valence-electron chi connectivity index (χ0n) is 16.3. The third-order valence-corrected chi connectivity index (χ3v) is 7.12. The van der Waals surface area contributed by atoms with Crippen molar-refractivity contribution in [1.29, 1.82) is 0 Å². The number of rotatable bonds is 4. The minimum atomic E-state index is -0.119. The van der Waals surface area contributed by atoms with E-state index in [9.17, 15) is 14.4 Å². The molecule has 0 unspecified atom stereocenters. The summed E-state index contributed by atoms with van der Waals surface area (Å²) in [5, 5.41) is 6.17. The molecule has 2 N–H and O–H groups in total. The molecule has 0 radical (unpaired) electrons. The fourth-order valence-corrected chi connectivity index (χ4v) is 6.26. The molecule has 7 nitrogen and oxygen atoms in total. The van der Waals surface area contributed by atoms with Crippen LogP contribution in [0.5, 0.6) is 0 Å². The van der Waals surface area contributed by atoms with Gasteiger partial charge in [0, 0.05) is 51.6 Å². The van der Waals surface area contributed by atoms with E-state index < -0.39 is 0 Å². The summed E-state index contributed by atoms with van der Waals surface area (Å²) in [6, 6.07) is -0.119. The summed E-state index contributed by atoms with van der Waals surface area (Å²) in [7, 11) is 0. The standard InChI is InChI=1S/C20H32N4O3/c1-14(25)23-4-6-24(7-5-23)18(26)2-3-21-19(27)22-20-11-15-8-16(12-20)10-17(9-15)13-20/h15-17H,2-13H2,1H3,(H2,21,22,27). The molecule has 0 aromatic rings. The molecular formula is C20H32N4O3. The van der Waals surface area contributed by atoms with Crippen LogP contribution >= 0.6 is 0 Å². The van der Waals surface area contributed by atoms with E-state index in [1.54, 1.807) is 16.7 Å². The lowest BCUT2D eigenvalue weighted by Crippen LogP contribution is -2.61. The van der Waals surface area contributed by atoms with Crippen LogP contribution in [0.1, 0.15) is 51.9 Å². The summed E-state index contributed by atoms with van der Waals surface area (Å²) in [6.07, 6.45) is 7.77. The smallest absolute Gasteiger partial charge is 0.315 e. The Bertz CT molecular complexity index is 577. The molecule has 5 aliphatic rings. The van der Waals surface area contributed by atoms with Gasteiger partial charge >= 0.3 is 6.03 Å². The van der Waals surface area contributed by atoms with E-state index >= 15 is 0 Å². The number of carbonyl (C=O) groups is 3. The largest absolute Gasteiger partial charge is 0.339 e. The lowest BCUT2D eigenvalue weighted by molar-refractivity contribution is -0.138. The van der Waals surface area contributed by atoms with Crippen molar-refractivity contribution in [2.75, 3.05) is 32.7 Å². The van der Waals surface area contributed by atoms with Crippen LogP contribution in [0, 0.1) is 17.8 Å². The molecule has 1 aliphatic heterocycles. The Morgan fingerprint density at radius 1 is 0.889 bits per heavy atom. The average molecular weight is 377 g/mol. The highest BCUT2D eigenvalue weighted by Crippen LogP contribution is 2.55. The van der Waals surface area contributed by atoms with Crippen LogP contribution in [0.25, 0.3) is 0 Å². The zero-order chi connectivity index (χ0) is 19.0. The molecule has 4 amide bonds. The highest BCUT2D eigenvalue weighted by molar-refractivity contribution is 5.79. The lowest BCUT2D eigenvalue weighted by Gasteiger charge is -2.56. The van der Waals surface area contributed by atoms with E-state index in [1.165, 1.54) is 19.3 Å². The van der Waals surface area contributed by atoms with Crippen molar-refractivity contribution in [3.05, 3.63) is 0 Å². The molecular weight excluding hydrogens is 344 g/mol. The maximum absolute atomic E-state index is 12.4. The number of nitrogens with one attached hydrogen (secondary N) is 2. The molecule has 4 bridgehead atoms. The molecule has 0 atom stereocenters. The van der Waals surface area contributed by atoms with Crippen LogP contribution in [0.15, 0.2) is 0 Å². The fourth-order valence-electron chi connectivity index (χ4n) is 6.26. The first kappa shape index (κ1) is 18.6. The zero-order valence-corrected chi connectivity index (χ0v) is 16.3. The van der Waals surface area contributed by atoms with Crippen molar-refractivity contribution in [3.8, 4) is 0 Å². The van der Waals surface area contributed by atoms with Crippen LogP contribution in [0.3, 0.4) is 0 Å². The van der Waals surface area contributed by atoms with E-state index in [4.69, 9.17) is 0 Å². The third-order valence-electron chi connectivity index (χ3n) is 7.12. The van der Waals surface area contributed by atoms with E-state index in [-0.39, 0.29) is 23.4 Å². The molecule has 4 saturated carbocycles. The minimum Gasteiger partial charge on any atom is -0.339 e. The molecule has 0 spiro atoms. The highest BCUT2D eigenvalue weighted by atomic mass is 16.2. The fraction of sp³-hybridized carbons (Fsp3) is 0.850. The molecule has 4 aliphatic carbocycles. The molecule has 1 saturated heterocycles. The number of urea groups is 1. The van der Waals surface area contributed by atoms with Crippen LogP contribution in [-0.2, 0) is 9.59 Å². The van der Waals surface area contributed by atoms with Gasteiger partial charge in [0.25, 0.3) is 0 Å². The summed E-state index contributed by atoms with van der Waals surface area (Å²) < 4.78 is 0. The first-order valence-electron chi connectivity index (χ1n) is 10.5. The summed E-state index contributed by atoms with van der Waals surface area (Å²) in [5.74, 6) is 2.50. The number of nitrogens with zero attached hydrogens (tertiary/aromatic N) is 2. The van der Waals surface area contributed by atoms with Crippen molar-refractivity contribution < 1.29 is 14.4 Å². The highest BCUT2D eigenvalue weighted by Gasteiger charge is 2.51. The third kappa shape index (κ3) is 4.06. The Kier molecular flexibility index (Phi) is 5.03. The Balaban J connectivity index is 1.18. The molecule has 27 heavy (non-hydrogen) atoms. The van der Waals surface area contributed by atoms with E-state index in [1.807, 2.05) is 0 Å². The van der Waals surface area contributed by atoms with Crippen molar-refractivity contribution in [1.82, 2.24) is 20.4 Å². The van der Waals surface area contributed by atoms with Gasteiger partial charge < -0.3 is 20.4 Å². The molecule has 5 fully saturated rings. The number of carbonyl (C=O) groups excluding carboxylic acids is 3. The van der Waals surface area contributed by atoms with Gasteiger partial charge in [-0.15, -0.1) is 0 Å². The summed E-state index contributed by atoms with van der Waals surface area (Å²) in [6.45, 7) is 4.28. The predicted molar refractivity (Wildman–Crippen MR) is 101 cm³/mol. The Hall–Kier alpha value is -1.79. The maximum atomic E-state index is 12.4. The second-order valence-corrected chi connectivity index (χ2v) is 9.22. The Morgan fingerprint density at radius 3 is 1.93 bits per heavy atom. The monoisotopic (exact) mass is 376 g/mol. The quantitative estimate of drug-likeness (QED) is 0.777. The minimum absolute atomic E-state index is 0.00581. The normalized spacial score (nSPS) is 34.5. The second kappa shape index (κ2) is 7.32.